The molecule has 1 aliphatic rings. The minimum Gasteiger partial charge on any atom is -0.506 e. The van der Waals surface area contributed by atoms with Crippen molar-refractivity contribution in [2.75, 3.05) is 44.4 Å². The van der Waals surface area contributed by atoms with E-state index in [1.807, 2.05) is 48.5 Å². The highest BCUT2D eigenvalue weighted by Crippen LogP contribution is 2.31. The van der Waals surface area contributed by atoms with Crippen LogP contribution in [0.2, 0.25) is 0 Å². The number of aromatic hydroxyl groups is 1. The Morgan fingerprint density at radius 3 is 2.42 bits per heavy atom. The average molecular weight is 723 g/mol. The van der Waals surface area contributed by atoms with Crippen molar-refractivity contribution >= 4 is 34.3 Å². The number of aromatic nitrogens is 1. The third-order valence-electron chi connectivity index (χ3n) is 9.67. The van der Waals surface area contributed by atoms with Gasteiger partial charge < -0.3 is 35.1 Å². The van der Waals surface area contributed by atoms with Crippen molar-refractivity contribution in [3.8, 4) is 16.9 Å². The van der Waals surface area contributed by atoms with E-state index in [0.717, 1.165) is 47.1 Å². The number of pyridine rings is 1. The van der Waals surface area contributed by atoms with Gasteiger partial charge in [0.2, 0.25) is 11.5 Å². The van der Waals surface area contributed by atoms with Gasteiger partial charge >= 0.3 is 6.09 Å². The smallest absolute Gasteiger partial charge is 0.411 e. The average Bonchev–Trinajstić information content (AvgIpc) is 3.14. The number of piperidine rings is 1. The third kappa shape index (κ3) is 9.66. The highest BCUT2D eigenvalue weighted by Gasteiger charge is 2.28. The number of aliphatic hydroxyl groups excluding tert-OH is 1. The van der Waals surface area contributed by atoms with Crippen LogP contribution in [-0.4, -0.2) is 71.5 Å². The first kappa shape index (κ1) is 37.2. The van der Waals surface area contributed by atoms with Crippen molar-refractivity contribution in [1.82, 2.24) is 10.3 Å². The molecule has 6 rings (SSSR count). The molecule has 1 saturated heterocycles. The Morgan fingerprint density at radius 2 is 1.66 bits per heavy atom. The number of ether oxygens (including phenoxy) is 1. The Morgan fingerprint density at radius 1 is 0.925 bits per heavy atom. The van der Waals surface area contributed by atoms with E-state index in [4.69, 9.17) is 4.74 Å². The normalized spacial score (nSPS) is 14.8. The maximum Gasteiger partial charge on any atom is 0.411 e. The molecule has 11 nitrogen and oxygen atoms in total. The Kier molecular flexibility index (Phi) is 11.5. The Hall–Kier alpha value is -5.56. The number of phenols is 1. The molecule has 2 heterocycles. The fourth-order valence-electron chi connectivity index (χ4n) is 6.62. The predicted octanol–water partition coefficient (Wildman–Crippen LogP) is 6.22. The fraction of sp³-hybridized carbons (Fsp3) is 0.293. The maximum atomic E-state index is 15.1. The van der Waals surface area contributed by atoms with Gasteiger partial charge in [0, 0.05) is 49.4 Å². The topological polar surface area (TPSA) is 153 Å². The monoisotopic (exact) mass is 722 g/mol. The van der Waals surface area contributed by atoms with Crippen LogP contribution >= 0.6 is 0 Å². The number of quaternary nitrogens is 1. The second-order valence-electron chi connectivity index (χ2n) is 14.2. The molecule has 5 aromatic rings. The molecule has 0 spiro atoms. The molecule has 2 amide bonds. The summed E-state index contributed by atoms with van der Waals surface area (Å²) in [6.07, 6.45) is 0.567. The zero-order valence-corrected chi connectivity index (χ0v) is 29.8. The summed E-state index contributed by atoms with van der Waals surface area (Å²) in [4.78, 5) is 40.1. The Bertz CT molecular complexity index is 2140. The number of aliphatic hydroxyl groups is 1. The lowest BCUT2D eigenvalue weighted by Crippen LogP contribution is -2.48. The number of anilines is 2. The lowest BCUT2D eigenvalue weighted by atomic mass is 9.99. The van der Waals surface area contributed by atoms with Gasteiger partial charge in [-0.05, 0) is 65.1 Å². The number of aromatic amines is 1. The van der Waals surface area contributed by atoms with Crippen molar-refractivity contribution in [1.29, 1.82) is 0 Å². The number of carbonyl (C=O) groups is 2. The molecular formula is C41H45FN5O6+. The first-order chi connectivity index (χ1) is 25.4. The molecule has 1 aromatic heterocycles. The van der Waals surface area contributed by atoms with Crippen LogP contribution in [0.4, 0.5) is 20.6 Å². The van der Waals surface area contributed by atoms with Crippen LogP contribution in [0.15, 0.2) is 95.8 Å². The summed E-state index contributed by atoms with van der Waals surface area (Å²) >= 11 is 0. The number of hydrogen-bond acceptors (Lipinski definition) is 7. The van der Waals surface area contributed by atoms with Crippen molar-refractivity contribution in [2.45, 2.75) is 44.4 Å². The molecule has 0 aliphatic carbocycles. The number of rotatable bonds is 12. The second-order valence-corrected chi connectivity index (χ2v) is 14.2. The number of H-pyrrole nitrogens is 1. The number of benzene rings is 4. The zero-order valence-electron chi connectivity index (χ0n) is 29.8. The van der Waals surface area contributed by atoms with Crippen molar-refractivity contribution in [3.63, 3.8) is 0 Å². The van der Waals surface area contributed by atoms with Gasteiger partial charge in [0.15, 0.2) is 0 Å². The minimum absolute atomic E-state index is 0.0619. The quantitative estimate of drug-likeness (QED) is 0.0837. The molecule has 1 aliphatic heterocycles. The van der Waals surface area contributed by atoms with Gasteiger partial charge in [-0.15, -0.1) is 0 Å². The number of phenolic OH excluding ortho intramolecular Hbond substituents is 1. The largest absolute Gasteiger partial charge is 0.506 e. The summed E-state index contributed by atoms with van der Waals surface area (Å²) in [6.45, 7) is 2.28. The van der Waals surface area contributed by atoms with Crippen LogP contribution in [0, 0.1) is 5.82 Å². The Balaban J connectivity index is 1.02. The van der Waals surface area contributed by atoms with Crippen LogP contribution in [0.5, 0.6) is 5.75 Å². The summed E-state index contributed by atoms with van der Waals surface area (Å²) in [5.41, 5.74) is 4.27. The molecule has 0 saturated carbocycles. The lowest BCUT2D eigenvalue weighted by Gasteiger charge is -2.36. The number of aryl methyl sites for hydroxylation is 1. The van der Waals surface area contributed by atoms with Crippen LogP contribution in [-0.2, 0) is 22.5 Å². The number of carbonyl (C=O) groups excluding carboxylic acids is 2. The molecule has 0 bridgehead atoms. The number of amides is 2. The van der Waals surface area contributed by atoms with E-state index < -0.39 is 18.0 Å². The summed E-state index contributed by atoms with van der Waals surface area (Å²) in [6, 6.07) is 25.7. The maximum absolute atomic E-state index is 15.1. The van der Waals surface area contributed by atoms with Gasteiger partial charge in [-0.25, -0.2) is 9.18 Å². The van der Waals surface area contributed by atoms with E-state index in [1.54, 1.807) is 18.2 Å². The van der Waals surface area contributed by atoms with E-state index in [1.165, 1.54) is 24.3 Å². The van der Waals surface area contributed by atoms with Crippen LogP contribution in [0.25, 0.3) is 22.0 Å². The molecule has 4 aromatic carbocycles. The van der Waals surface area contributed by atoms with E-state index in [0.29, 0.717) is 28.6 Å². The van der Waals surface area contributed by atoms with E-state index in [2.05, 4.69) is 35.0 Å². The van der Waals surface area contributed by atoms with Gasteiger partial charge in [0.1, 0.15) is 17.7 Å². The highest BCUT2D eigenvalue weighted by molar-refractivity contribution is 5.93. The molecule has 0 radical (unpaired) electrons. The molecule has 53 heavy (non-hydrogen) atoms. The standard InChI is InChI=1S/C41H44FN5O6/c1-47(2)20-18-29(19-21-47)53-41(52)45-34-13-8-26(22-32(34)28-6-4-3-5-7-28)10-16-38(50)44-35-14-9-27(23-33(35)42)24-43-25-37(49)30-11-15-36(48)40-31(30)12-17-39(51)46-40/h3-9,11-15,17,22-23,29,37,43,49H,10,16,18-21,24-25H2,1-2H3,(H3-,44,45,46,48,50,51,52)/p+1/t37-/m0/s1. The fourth-order valence-corrected chi connectivity index (χ4v) is 6.62. The van der Waals surface area contributed by atoms with Crippen LogP contribution in [0.3, 0.4) is 0 Å². The van der Waals surface area contributed by atoms with E-state index >= 15 is 4.39 Å². The van der Waals surface area contributed by atoms with Gasteiger partial charge in [0.05, 0.1) is 50.2 Å². The van der Waals surface area contributed by atoms with Gasteiger partial charge in [-0.1, -0.05) is 48.5 Å². The number of nitrogens with zero attached hydrogens (tertiary/aromatic N) is 1. The highest BCUT2D eigenvalue weighted by atomic mass is 19.1. The molecule has 1 atom stereocenters. The zero-order chi connectivity index (χ0) is 37.5. The van der Waals surface area contributed by atoms with Gasteiger partial charge in [-0.2, -0.15) is 0 Å². The van der Waals surface area contributed by atoms with Crippen molar-refractivity contribution in [2.24, 2.45) is 0 Å². The molecule has 0 unspecified atom stereocenters. The number of hydrogen-bond donors (Lipinski definition) is 6. The number of fused-ring (bicyclic) bond motifs is 1. The lowest BCUT2D eigenvalue weighted by molar-refractivity contribution is -0.896. The van der Waals surface area contributed by atoms with Crippen LogP contribution < -0.4 is 21.5 Å². The summed E-state index contributed by atoms with van der Waals surface area (Å²) in [5.74, 6) is -1.03. The summed E-state index contributed by atoms with van der Waals surface area (Å²) < 4.78 is 21.7. The van der Waals surface area contributed by atoms with E-state index in [-0.39, 0.29) is 54.0 Å². The number of halogens is 1. The molecule has 1 fully saturated rings. The van der Waals surface area contributed by atoms with Crippen molar-refractivity contribution in [3.05, 3.63) is 124 Å². The Labute approximate surface area is 307 Å². The number of nitrogens with one attached hydrogen (secondary N) is 4. The van der Waals surface area contributed by atoms with E-state index in [9.17, 15) is 24.6 Å². The number of likely N-dealkylation sites (tertiary alicyclic amines) is 1. The minimum atomic E-state index is -0.959. The van der Waals surface area contributed by atoms with Gasteiger partial charge in [-0.3, -0.25) is 14.9 Å². The summed E-state index contributed by atoms with van der Waals surface area (Å²) in [7, 11) is 4.35. The third-order valence-corrected chi connectivity index (χ3v) is 9.67. The summed E-state index contributed by atoms with van der Waals surface area (Å²) in [5, 5.41) is 30.1. The van der Waals surface area contributed by atoms with Crippen molar-refractivity contribution < 1.29 is 33.4 Å². The van der Waals surface area contributed by atoms with Crippen LogP contribution in [0.1, 0.15) is 42.1 Å². The predicted molar refractivity (Wildman–Crippen MR) is 203 cm³/mol. The molecular weight excluding hydrogens is 677 g/mol. The molecule has 276 valence electrons. The first-order valence-electron chi connectivity index (χ1n) is 17.7. The molecule has 6 N–H and O–H groups in total. The molecule has 12 heteroatoms. The first-order valence-corrected chi connectivity index (χ1v) is 17.7. The van der Waals surface area contributed by atoms with Gasteiger partial charge in [0.25, 0.3) is 0 Å². The SMILES string of the molecule is C[N+]1(C)CCC(OC(=O)Nc2ccc(CCC(=O)Nc3ccc(CNC[C@H](O)c4ccc(O)c5[nH]c(=O)ccc45)cc3F)cc2-c2ccccc2)CC1. The second kappa shape index (κ2) is 16.4.